The van der Waals surface area contributed by atoms with Crippen molar-refractivity contribution in [2.45, 2.75) is 51.5 Å². The summed E-state index contributed by atoms with van der Waals surface area (Å²) < 4.78 is 5.03. The lowest BCUT2D eigenvalue weighted by Crippen LogP contribution is -2.49. The highest BCUT2D eigenvalue weighted by molar-refractivity contribution is 6.35. The molecule has 1 aliphatic rings. The van der Waals surface area contributed by atoms with Gasteiger partial charge in [-0.3, -0.25) is 0 Å². The normalized spacial score (nSPS) is 29.5. The number of ether oxygens (including phenoxy) is 1. The van der Waals surface area contributed by atoms with E-state index in [1.165, 1.54) is 0 Å². The van der Waals surface area contributed by atoms with Gasteiger partial charge in [0.05, 0.1) is 12.3 Å². The van der Waals surface area contributed by atoms with Crippen LogP contribution >= 0.6 is 11.6 Å². The summed E-state index contributed by atoms with van der Waals surface area (Å²) in [6.45, 7) is 7.99. The van der Waals surface area contributed by atoms with Crippen molar-refractivity contribution in [2.24, 2.45) is 11.1 Å². The van der Waals surface area contributed by atoms with Gasteiger partial charge in [0, 0.05) is 0 Å². The van der Waals surface area contributed by atoms with E-state index >= 15 is 0 Å². The Morgan fingerprint density at radius 3 is 2.71 bits per heavy atom. The SMILES string of the molecule is CCOC(=O)C1(CC)ON=C(C(C)CC)C1Cl. The van der Waals surface area contributed by atoms with Crippen LogP contribution in [-0.4, -0.2) is 29.3 Å². The third kappa shape index (κ3) is 2.41. The number of carbonyl (C=O) groups excluding carboxylic acids is 1. The second kappa shape index (κ2) is 5.71. The first-order valence-corrected chi connectivity index (χ1v) is 6.54. The molecule has 0 fully saturated rings. The lowest BCUT2D eigenvalue weighted by Gasteiger charge is -2.26. The third-order valence-corrected chi connectivity index (χ3v) is 3.82. The van der Waals surface area contributed by atoms with Crippen molar-refractivity contribution in [1.82, 2.24) is 0 Å². The minimum Gasteiger partial charge on any atom is -0.463 e. The van der Waals surface area contributed by atoms with Crippen LogP contribution in [0.25, 0.3) is 0 Å². The molecule has 1 heterocycles. The number of hydrogen-bond acceptors (Lipinski definition) is 4. The molecule has 0 radical (unpaired) electrons. The molecule has 0 bridgehead atoms. The second-order valence-corrected chi connectivity index (χ2v) is 4.68. The third-order valence-electron chi connectivity index (χ3n) is 3.25. The van der Waals surface area contributed by atoms with E-state index in [4.69, 9.17) is 21.2 Å². The van der Waals surface area contributed by atoms with Gasteiger partial charge < -0.3 is 9.57 Å². The Balaban J connectivity index is 2.90. The van der Waals surface area contributed by atoms with E-state index in [1.807, 2.05) is 20.8 Å². The largest absolute Gasteiger partial charge is 0.463 e. The predicted molar refractivity (Wildman–Crippen MR) is 67.3 cm³/mol. The lowest BCUT2D eigenvalue weighted by atomic mass is 9.88. The highest BCUT2D eigenvalue weighted by Gasteiger charge is 2.55. The number of alkyl halides is 1. The molecular weight excluding hydrogens is 242 g/mol. The van der Waals surface area contributed by atoms with Crippen LogP contribution in [0.3, 0.4) is 0 Å². The van der Waals surface area contributed by atoms with Gasteiger partial charge in [-0.25, -0.2) is 4.79 Å². The van der Waals surface area contributed by atoms with Crippen molar-refractivity contribution < 1.29 is 14.4 Å². The fourth-order valence-electron chi connectivity index (χ4n) is 1.80. The van der Waals surface area contributed by atoms with Crippen molar-refractivity contribution in [1.29, 1.82) is 0 Å². The molecule has 98 valence electrons. The predicted octanol–water partition coefficient (Wildman–Crippen LogP) is 2.74. The van der Waals surface area contributed by atoms with Crippen molar-refractivity contribution in [3.8, 4) is 0 Å². The van der Waals surface area contributed by atoms with Gasteiger partial charge in [-0.1, -0.05) is 25.9 Å². The average molecular weight is 262 g/mol. The topological polar surface area (TPSA) is 47.9 Å². The molecule has 5 heteroatoms. The van der Waals surface area contributed by atoms with E-state index in [0.717, 1.165) is 12.1 Å². The molecule has 0 N–H and O–H groups in total. The first kappa shape index (κ1) is 14.3. The molecule has 17 heavy (non-hydrogen) atoms. The van der Waals surface area contributed by atoms with Crippen LogP contribution < -0.4 is 0 Å². The molecule has 0 saturated heterocycles. The Hall–Kier alpha value is -0.770. The van der Waals surface area contributed by atoms with E-state index in [-0.39, 0.29) is 5.92 Å². The van der Waals surface area contributed by atoms with Crippen molar-refractivity contribution >= 4 is 23.3 Å². The molecule has 0 saturated carbocycles. The molecule has 0 aliphatic carbocycles. The highest BCUT2D eigenvalue weighted by Crippen LogP contribution is 2.36. The number of rotatable bonds is 5. The van der Waals surface area contributed by atoms with E-state index < -0.39 is 16.9 Å². The Morgan fingerprint density at radius 2 is 2.24 bits per heavy atom. The van der Waals surface area contributed by atoms with Crippen LogP contribution in [0, 0.1) is 5.92 Å². The summed E-state index contributed by atoms with van der Waals surface area (Å²) in [6, 6.07) is 0. The van der Waals surface area contributed by atoms with Crippen molar-refractivity contribution in [2.75, 3.05) is 6.61 Å². The molecule has 1 rings (SSSR count). The standard InChI is InChI=1S/C12H20ClNO3/c1-5-8(4)9-10(13)12(6-2,17-14-9)11(15)16-7-3/h8,10H,5-7H2,1-4H3. The number of hydrogen-bond donors (Lipinski definition) is 0. The minimum atomic E-state index is -1.14. The molecule has 4 nitrogen and oxygen atoms in total. The smallest absolute Gasteiger partial charge is 0.355 e. The second-order valence-electron chi connectivity index (χ2n) is 4.24. The molecule has 0 aromatic rings. The molecule has 1 aliphatic heterocycles. The maximum atomic E-state index is 12.0. The quantitative estimate of drug-likeness (QED) is 0.565. The maximum Gasteiger partial charge on any atom is 0.355 e. The van der Waals surface area contributed by atoms with Crippen LogP contribution in [0.15, 0.2) is 5.16 Å². The van der Waals surface area contributed by atoms with Crippen LogP contribution in [-0.2, 0) is 14.4 Å². The van der Waals surface area contributed by atoms with Crippen LogP contribution in [0.1, 0.15) is 40.5 Å². The van der Waals surface area contributed by atoms with Gasteiger partial charge in [0.2, 0.25) is 0 Å². The molecular formula is C12H20ClNO3. The molecule has 0 amide bonds. The molecule has 0 spiro atoms. The summed E-state index contributed by atoms with van der Waals surface area (Å²) in [7, 11) is 0. The molecule has 0 aromatic heterocycles. The van der Waals surface area contributed by atoms with Crippen LogP contribution in [0.5, 0.6) is 0 Å². The zero-order valence-electron chi connectivity index (χ0n) is 10.8. The number of carbonyl (C=O) groups is 1. The van der Waals surface area contributed by atoms with Gasteiger partial charge in [-0.15, -0.1) is 11.6 Å². The maximum absolute atomic E-state index is 12.0. The number of halogens is 1. The van der Waals surface area contributed by atoms with Crippen LogP contribution in [0.2, 0.25) is 0 Å². The fourth-order valence-corrected chi connectivity index (χ4v) is 2.33. The number of esters is 1. The van der Waals surface area contributed by atoms with E-state index in [0.29, 0.717) is 13.0 Å². The zero-order valence-corrected chi connectivity index (χ0v) is 11.6. The monoisotopic (exact) mass is 261 g/mol. The highest BCUT2D eigenvalue weighted by atomic mass is 35.5. The minimum absolute atomic E-state index is 0.209. The zero-order chi connectivity index (χ0) is 13.1. The van der Waals surface area contributed by atoms with E-state index in [2.05, 4.69) is 5.16 Å². The summed E-state index contributed by atoms with van der Waals surface area (Å²) in [5, 5.41) is 3.46. The van der Waals surface area contributed by atoms with Crippen LogP contribution in [0.4, 0.5) is 0 Å². The van der Waals surface area contributed by atoms with E-state index in [1.54, 1.807) is 6.92 Å². The summed E-state index contributed by atoms with van der Waals surface area (Å²) in [4.78, 5) is 17.3. The number of oxime groups is 1. The van der Waals surface area contributed by atoms with Gasteiger partial charge in [-0.05, 0) is 25.7 Å². The van der Waals surface area contributed by atoms with Crippen molar-refractivity contribution in [3.63, 3.8) is 0 Å². The molecule has 0 aromatic carbocycles. The Morgan fingerprint density at radius 1 is 1.59 bits per heavy atom. The van der Waals surface area contributed by atoms with Gasteiger partial charge in [0.15, 0.2) is 0 Å². The Bertz CT molecular complexity index is 319. The van der Waals surface area contributed by atoms with Gasteiger partial charge in [0.25, 0.3) is 5.60 Å². The van der Waals surface area contributed by atoms with Gasteiger partial charge in [-0.2, -0.15) is 0 Å². The first-order valence-electron chi connectivity index (χ1n) is 6.10. The molecule has 3 unspecified atom stereocenters. The van der Waals surface area contributed by atoms with Gasteiger partial charge in [0.1, 0.15) is 5.38 Å². The van der Waals surface area contributed by atoms with E-state index in [9.17, 15) is 4.79 Å². The fraction of sp³-hybridized carbons (Fsp3) is 0.833. The summed E-state index contributed by atoms with van der Waals surface area (Å²) in [6.07, 6.45) is 1.36. The Kier molecular flexibility index (Phi) is 4.80. The first-order chi connectivity index (χ1) is 8.03. The lowest BCUT2D eigenvalue weighted by molar-refractivity contribution is -0.168. The summed E-state index contributed by atoms with van der Waals surface area (Å²) >= 11 is 6.35. The molecule has 3 atom stereocenters. The Labute approximate surface area is 107 Å². The number of nitrogens with zero attached hydrogens (tertiary/aromatic N) is 1. The average Bonchev–Trinajstić information content (AvgIpc) is 2.67. The summed E-state index contributed by atoms with van der Waals surface area (Å²) in [5.41, 5.74) is -0.403. The van der Waals surface area contributed by atoms with Crippen molar-refractivity contribution in [3.05, 3.63) is 0 Å². The summed E-state index contributed by atoms with van der Waals surface area (Å²) in [5.74, 6) is -0.218. The van der Waals surface area contributed by atoms with Gasteiger partial charge >= 0.3 is 5.97 Å².